The maximum atomic E-state index is 9.33. The van der Waals surface area contributed by atoms with Crippen LogP contribution in [-0.2, 0) is 13.1 Å². The maximum Gasteiger partial charge on any atom is 0.0739 e. The lowest BCUT2D eigenvalue weighted by atomic mass is 10.3. The molecule has 0 fully saturated rings. The molecule has 0 spiro atoms. The van der Waals surface area contributed by atoms with Crippen LogP contribution in [0.25, 0.3) is 0 Å². The number of nitrogens with zero attached hydrogens (tertiary/aromatic N) is 3. The minimum absolute atomic E-state index is 0.303. The van der Waals surface area contributed by atoms with Crippen molar-refractivity contribution in [1.29, 1.82) is 0 Å². The van der Waals surface area contributed by atoms with Gasteiger partial charge in [-0.15, -0.1) is 0 Å². The average Bonchev–Trinajstić information content (AvgIpc) is 2.44. The van der Waals surface area contributed by atoms with Crippen LogP contribution in [0.2, 0.25) is 0 Å². The Morgan fingerprint density at radius 3 is 2.69 bits per heavy atom. The molecule has 1 aromatic rings. The highest BCUT2D eigenvalue weighted by Crippen LogP contribution is 2.22. The Bertz CT molecular complexity index is 349. The van der Waals surface area contributed by atoms with Crippen LogP contribution in [0.3, 0.4) is 0 Å². The van der Waals surface area contributed by atoms with Crippen LogP contribution in [0.5, 0.6) is 0 Å². The molecule has 5 heteroatoms. The van der Waals surface area contributed by atoms with E-state index in [-0.39, 0.29) is 6.10 Å². The second-order valence-electron chi connectivity index (χ2n) is 4.21. The molecule has 4 nitrogen and oxygen atoms in total. The van der Waals surface area contributed by atoms with Crippen molar-refractivity contribution < 1.29 is 5.11 Å². The molecular formula is C11H20BrN3O. The first-order chi connectivity index (χ1) is 7.45. The van der Waals surface area contributed by atoms with Gasteiger partial charge in [0.2, 0.25) is 0 Å². The standard InChI is InChI=1S/C11H20BrN3O/c1-5-15-10(11(12)9(3)13-15)7-14(4)6-8(2)16/h8,16H,5-7H2,1-4H3. The van der Waals surface area contributed by atoms with Crippen molar-refractivity contribution in [2.75, 3.05) is 13.6 Å². The number of aliphatic hydroxyl groups excluding tert-OH is 1. The number of aryl methyl sites for hydroxylation is 2. The summed E-state index contributed by atoms with van der Waals surface area (Å²) in [4.78, 5) is 2.10. The Morgan fingerprint density at radius 1 is 1.56 bits per heavy atom. The zero-order chi connectivity index (χ0) is 12.3. The normalized spacial score (nSPS) is 13.4. The molecule has 1 unspecified atom stereocenters. The highest BCUT2D eigenvalue weighted by Gasteiger charge is 2.14. The Hall–Kier alpha value is -0.390. The van der Waals surface area contributed by atoms with E-state index in [9.17, 15) is 5.11 Å². The molecule has 1 atom stereocenters. The van der Waals surface area contributed by atoms with Crippen LogP contribution in [0.4, 0.5) is 0 Å². The van der Waals surface area contributed by atoms with E-state index in [1.54, 1.807) is 6.92 Å². The van der Waals surface area contributed by atoms with Gasteiger partial charge in [-0.3, -0.25) is 9.58 Å². The molecule has 0 aliphatic rings. The molecule has 0 aliphatic heterocycles. The second kappa shape index (κ2) is 5.80. The monoisotopic (exact) mass is 289 g/mol. The van der Waals surface area contributed by atoms with E-state index >= 15 is 0 Å². The lowest BCUT2D eigenvalue weighted by Crippen LogP contribution is -2.28. The van der Waals surface area contributed by atoms with Crippen LogP contribution >= 0.6 is 15.9 Å². The molecule has 1 rings (SSSR count). The number of aliphatic hydroxyl groups is 1. The Morgan fingerprint density at radius 2 is 2.19 bits per heavy atom. The zero-order valence-corrected chi connectivity index (χ0v) is 12.0. The van der Waals surface area contributed by atoms with E-state index in [4.69, 9.17) is 0 Å². The Balaban J connectivity index is 2.79. The van der Waals surface area contributed by atoms with Gasteiger partial charge in [0.15, 0.2) is 0 Å². The first-order valence-electron chi connectivity index (χ1n) is 5.54. The summed E-state index contributed by atoms with van der Waals surface area (Å²) in [6, 6.07) is 0. The van der Waals surface area contributed by atoms with Crippen LogP contribution in [0.1, 0.15) is 25.2 Å². The van der Waals surface area contributed by atoms with Gasteiger partial charge in [-0.05, 0) is 43.7 Å². The number of hydrogen-bond donors (Lipinski definition) is 1. The second-order valence-corrected chi connectivity index (χ2v) is 5.00. The van der Waals surface area contributed by atoms with Gasteiger partial charge >= 0.3 is 0 Å². The molecule has 0 aliphatic carbocycles. The SMILES string of the molecule is CCn1nc(C)c(Br)c1CN(C)CC(C)O. The van der Waals surface area contributed by atoms with Crippen molar-refractivity contribution in [2.24, 2.45) is 0 Å². The molecule has 0 radical (unpaired) electrons. The molecule has 0 amide bonds. The molecular weight excluding hydrogens is 270 g/mol. The molecule has 0 bridgehead atoms. The van der Waals surface area contributed by atoms with Crippen molar-refractivity contribution in [3.63, 3.8) is 0 Å². The van der Waals surface area contributed by atoms with Crippen LogP contribution in [-0.4, -0.2) is 39.5 Å². The van der Waals surface area contributed by atoms with Crippen LogP contribution in [0.15, 0.2) is 4.47 Å². The molecule has 1 aromatic heterocycles. The summed E-state index contributed by atoms with van der Waals surface area (Å²) in [5, 5.41) is 13.8. The number of likely N-dealkylation sites (N-methyl/N-ethyl adjacent to an activating group) is 1. The zero-order valence-electron chi connectivity index (χ0n) is 10.4. The minimum atomic E-state index is -0.303. The van der Waals surface area contributed by atoms with E-state index < -0.39 is 0 Å². The predicted octanol–water partition coefficient (Wildman–Crippen LogP) is 1.79. The lowest BCUT2D eigenvalue weighted by molar-refractivity contribution is 0.136. The number of hydrogen-bond acceptors (Lipinski definition) is 3. The van der Waals surface area contributed by atoms with E-state index in [1.807, 2.05) is 18.7 Å². The summed E-state index contributed by atoms with van der Waals surface area (Å²) in [5.41, 5.74) is 2.19. The van der Waals surface area contributed by atoms with Crippen LogP contribution in [0, 0.1) is 6.92 Å². The van der Waals surface area contributed by atoms with Gasteiger partial charge in [-0.1, -0.05) is 0 Å². The summed E-state index contributed by atoms with van der Waals surface area (Å²) in [7, 11) is 2.00. The molecule has 1 heterocycles. The topological polar surface area (TPSA) is 41.3 Å². The first-order valence-corrected chi connectivity index (χ1v) is 6.33. The third-order valence-corrected chi connectivity index (χ3v) is 3.48. The Kier molecular flexibility index (Phi) is 4.95. The average molecular weight is 290 g/mol. The predicted molar refractivity (Wildman–Crippen MR) is 68.4 cm³/mol. The number of aromatic nitrogens is 2. The van der Waals surface area contributed by atoms with Crippen molar-refractivity contribution >= 4 is 15.9 Å². The fraction of sp³-hybridized carbons (Fsp3) is 0.727. The highest BCUT2D eigenvalue weighted by molar-refractivity contribution is 9.10. The van der Waals surface area contributed by atoms with Gasteiger partial charge in [-0.2, -0.15) is 5.10 Å². The summed E-state index contributed by atoms with van der Waals surface area (Å²) >= 11 is 3.56. The van der Waals surface area contributed by atoms with E-state index in [2.05, 4.69) is 32.9 Å². The number of rotatable bonds is 5. The van der Waals surface area contributed by atoms with Crippen molar-refractivity contribution in [3.8, 4) is 0 Å². The molecule has 0 saturated heterocycles. The highest BCUT2D eigenvalue weighted by atomic mass is 79.9. The number of halogens is 1. The molecule has 0 saturated carbocycles. The summed E-state index contributed by atoms with van der Waals surface area (Å²) in [6.07, 6.45) is -0.303. The smallest absolute Gasteiger partial charge is 0.0739 e. The van der Waals surface area contributed by atoms with Gasteiger partial charge < -0.3 is 5.11 Å². The van der Waals surface area contributed by atoms with Crippen LogP contribution < -0.4 is 0 Å². The molecule has 1 N–H and O–H groups in total. The third kappa shape index (κ3) is 3.30. The first kappa shape index (κ1) is 13.7. The molecule has 92 valence electrons. The van der Waals surface area contributed by atoms with Crippen molar-refractivity contribution in [3.05, 3.63) is 15.9 Å². The largest absolute Gasteiger partial charge is 0.392 e. The van der Waals surface area contributed by atoms with E-state index in [0.717, 1.165) is 23.3 Å². The van der Waals surface area contributed by atoms with Gasteiger partial charge in [-0.25, -0.2) is 0 Å². The van der Waals surface area contributed by atoms with E-state index in [0.29, 0.717) is 6.54 Å². The van der Waals surface area contributed by atoms with E-state index in [1.165, 1.54) is 5.69 Å². The molecule has 16 heavy (non-hydrogen) atoms. The quantitative estimate of drug-likeness (QED) is 0.899. The minimum Gasteiger partial charge on any atom is -0.392 e. The Labute approximate surface area is 105 Å². The lowest BCUT2D eigenvalue weighted by Gasteiger charge is -2.19. The van der Waals surface area contributed by atoms with Gasteiger partial charge in [0.25, 0.3) is 0 Å². The van der Waals surface area contributed by atoms with Gasteiger partial charge in [0.05, 0.1) is 22.0 Å². The van der Waals surface area contributed by atoms with Gasteiger partial charge in [0, 0.05) is 19.6 Å². The van der Waals surface area contributed by atoms with Crippen molar-refractivity contribution in [1.82, 2.24) is 14.7 Å². The third-order valence-electron chi connectivity index (χ3n) is 2.45. The van der Waals surface area contributed by atoms with Gasteiger partial charge in [0.1, 0.15) is 0 Å². The fourth-order valence-corrected chi connectivity index (χ4v) is 2.20. The maximum absolute atomic E-state index is 9.33. The summed E-state index contributed by atoms with van der Waals surface area (Å²) < 4.78 is 3.07. The molecule has 0 aromatic carbocycles. The fourth-order valence-electron chi connectivity index (χ4n) is 1.79. The van der Waals surface area contributed by atoms with Crippen molar-refractivity contribution in [2.45, 2.75) is 40.0 Å². The summed E-state index contributed by atoms with van der Waals surface area (Å²) in [5.74, 6) is 0. The summed E-state index contributed by atoms with van der Waals surface area (Å²) in [6.45, 7) is 8.20.